The third kappa shape index (κ3) is 5.93. The number of benzene rings is 1. The number of nitrogens with one attached hydrogen (secondary N) is 2. The van der Waals surface area contributed by atoms with Crippen molar-refractivity contribution in [2.45, 2.75) is 46.0 Å². The van der Waals surface area contributed by atoms with Crippen molar-refractivity contribution >= 4 is 22.8 Å². The highest BCUT2D eigenvalue weighted by Crippen LogP contribution is 2.18. The van der Waals surface area contributed by atoms with Crippen LogP contribution in [0.2, 0.25) is 0 Å². The first kappa shape index (κ1) is 19.0. The second-order valence-corrected chi connectivity index (χ2v) is 6.42. The molecule has 0 radical (unpaired) electrons. The molecule has 5 nitrogen and oxygen atoms in total. The number of H-pyrrole nitrogens is 1. The van der Waals surface area contributed by atoms with Crippen LogP contribution < -0.4 is 5.32 Å². The van der Waals surface area contributed by atoms with E-state index in [1.54, 1.807) is 0 Å². The van der Waals surface area contributed by atoms with Gasteiger partial charge in [-0.3, -0.25) is 9.59 Å². The molecule has 2 rings (SSSR count). The van der Waals surface area contributed by atoms with Gasteiger partial charge in [-0.15, -0.1) is 0 Å². The standard InChI is InChI=1S/C20H28N2O3/c1-3-5-8-15(4-2)12-22-19(23)14-25-20(24)11-16-13-21-18-10-7-6-9-17(16)18/h6-7,9-10,13,15,21H,3-5,8,11-12,14H2,1-2H3,(H,22,23)/t15-/m0/s1. The molecule has 0 fully saturated rings. The van der Waals surface area contributed by atoms with Crippen molar-refractivity contribution in [2.75, 3.05) is 13.2 Å². The summed E-state index contributed by atoms with van der Waals surface area (Å²) in [5.74, 6) is -0.133. The van der Waals surface area contributed by atoms with Crippen LogP contribution in [0.5, 0.6) is 0 Å². The van der Waals surface area contributed by atoms with E-state index in [2.05, 4.69) is 24.1 Å². The number of hydrogen-bond acceptors (Lipinski definition) is 3. The normalized spacial score (nSPS) is 12.1. The summed E-state index contributed by atoms with van der Waals surface area (Å²) in [6.45, 7) is 4.73. The molecule has 25 heavy (non-hydrogen) atoms. The second-order valence-electron chi connectivity index (χ2n) is 6.42. The Bertz CT molecular complexity index is 693. The average molecular weight is 344 g/mol. The molecule has 0 aliphatic carbocycles. The topological polar surface area (TPSA) is 71.2 Å². The fourth-order valence-corrected chi connectivity index (χ4v) is 2.88. The van der Waals surface area contributed by atoms with Gasteiger partial charge in [-0.2, -0.15) is 0 Å². The predicted molar refractivity (Wildman–Crippen MR) is 99.3 cm³/mol. The van der Waals surface area contributed by atoms with Gasteiger partial charge in [0.1, 0.15) is 0 Å². The first-order chi connectivity index (χ1) is 12.1. The van der Waals surface area contributed by atoms with Gasteiger partial charge in [-0.25, -0.2) is 0 Å². The van der Waals surface area contributed by atoms with Crippen LogP contribution in [0.3, 0.4) is 0 Å². The zero-order chi connectivity index (χ0) is 18.1. The molecule has 0 bridgehead atoms. The van der Waals surface area contributed by atoms with Crippen molar-refractivity contribution in [1.82, 2.24) is 10.3 Å². The van der Waals surface area contributed by atoms with Crippen LogP contribution in [0.4, 0.5) is 0 Å². The fraction of sp³-hybridized carbons (Fsp3) is 0.500. The van der Waals surface area contributed by atoms with Crippen molar-refractivity contribution in [3.63, 3.8) is 0 Å². The van der Waals surface area contributed by atoms with Crippen LogP contribution in [-0.2, 0) is 20.7 Å². The van der Waals surface area contributed by atoms with E-state index in [9.17, 15) is 9.59 Å². The second kappa shape index (κ2) is 9.87. The minimum Gasteiger partial charge on any atom is -0.455 e. The molecule has 0 saturated heterocycles. The van der Waals surface area contributed by atoms with Gasteiger partial charge in [-0.05, 0) is 24.0 Å². The van der Waals surface area contributed by atoms with Gasteiger partial charge in [0.05, 0.1) is 6.42 Å². The van der Waals surface area contributed by atoms with E-state index in [4.69, 9.17) is 4.74 Å². The van der Waals surface area contributed by atoms with Gasteiger partial charge in [0.25, 0.3) is 5.91 Å². The number of unbranched alkanes of at least 4 members (excludes halogenated alkanes) is 1. The van der Waals surface area contributed by atoms with Crippen LogP contribution >= 0.6 is 0 Å². The molecule has 1 aromatic heterocycles. The lowest BCUT2D eigenvalue weighted by molar-refractivity contribution is -0.147. The van der Waals surface area contributed by atoms with Gasteiger partial charge in [0.15, 0.2) is 6.61 Å². The van der Waals surface area contributed by atoms with E-state index in [0.29, 0.717) is 12.5 Å². The van der Waals surface area contributed by atoms with E-state index in [0.717, 1.165) is 35.7 Å². The molecule has 1 heterocycles. The molecule has 0 aliphatic heterocycles. The Hall–Kier alpha value is -2.30. The van der Waals surface area contributed by atoms with Gasteiger partial charge in [0, 0.05) is 23.6 Å². The number of amides is 1. The summed E-state index contributed by atoms with van der Waals surface area (Å²) in [5.41, 5.74) is 1.87. The van der Waals surface area contributed by atoms with Gasteiger partial charge in [-0.1, -0.05) is 51.3 Å². The maximum atomic E-state index is 12.0. The number of fused-ring (bicyclic) bond motifs is 1. The number of carbonyl (C=O) groups is 2. The molecular formula is C20H28N2O3. The van der Waals surface area contributed by atoms with Crippen LogP contribution in [0.25, 0.3) is 10.9 Å². The van der Waals surface area contributed by atoms with Gasteiger partial charge >= 0.3 is 5.97 Å². The zero-order valence-corrected chi connectivity index (χ0v) is 15.1. The molecule has 1 amide bonds. The van der Waals surface area contributed by atoms with Gasteiger partial charge in [0.2, 0.25) is 0 Å². The largest absolute Gasteiger partial charge is 0.455 e. The van der Waals surface area contributed by atoms with Crippen LogP contribution in [0.1, 0.15) is 45.1 Å². The van der Waals surface area contributed by atoms with Gasteiger partial charge < -0.3 is 15.0 Å². The number of carbonyl (C=O) groups excluding carboxylic acids is 2. The highest BCUT2D eigenvalue weighted by atomic mass is 16.5. The van der Waals surface area contributed by atoms with Crippen molar-refractivity contribution in [3.8, 4) is 0 Å². The van der Waals surface area contributed by atoms with E-state index in [1.165, 1.54) is 6.42 Å². The van der Waals surface area contributed by atoms with Crippen molar-refractivity contribution in [2.24, 2.45) is 5.92 Å². The molecule has 1 atom stereocenters. The Morgan fingerprint density at radius 2 is 2.04 bits per heavy atom. The predicted octanol–water partition coefficient (Wildman–Crippen LogP) is 3.59. The van der Waals surface area contributed by atoms with Crippen molar-refractivity contribution in [1.29, 1.82) is 0 Å². The average Bonchev–Trinajstić information content (AvgIpc) is 3.03. The lowest BCUT2D eigenvalue weighted by atomic mass is 9.99. The maximum Gasteiger partial charge on any atom is 0.310 e. The summed E-state index contributed by atoms with van der Waals surface area (Å²) < 4.78 is 5.11. The highest BCUT2D eigenvalue weighted by molar-refractivity contribution is 5.88. The molecule has 0 spiro atoms. The Morgan fingerprint density at radius 3 is 2.80 bits per heavy atom. The third-order valence-electron chi connectivity index (χ3n) is 4.51. The summed E-state index contributed by atoms with van der Waals surface area (Å²) in [5, 5.41) is 3.87. The monoisotopic (exact) mass is 344 g/mol. The van der Waals surface area contributed by atoms with Crippen LogP contribution in [0.15, 0.2) is 30.5 Å². The summed E-state index contributed by atoms with van der Waals surface area (Å²) in [7, 11) is 0. The summed E-state index contributed by atoms with van der Waals surface area (Å²) in [4.78, 5) is 27.0. The lowest BCUT2D eigenvalue weighted by Crippen LogP contribution is -2.33. The smallest absolute Gasteiger partial charge is 0.310 e. The van der Waals surface area contributed by atoms with Crippen LogP contribution in [0, 0.1) is 5.92 Å². The minimum absolute atomic E-state index is 0.158. The number of esters is 1. The third-order valence-corrected chi connectivity index (χ3v) is 4.51. The van der Waals surface area contributed by atoms with E-state index in [-0.39, 0.29) is 18.9 Å². The Kier molecular flexibility index (Phi) is 7.51. The molecule has 5 heteroatoms. The Morgan fingerprint density at radius 1 is 1.24 bits per heavy atom. The van der Waals surface area contributed by atoms with E-state index < -0.39 is 5.97 Å². The quantitative estimate of drug-likeness (QED) is 0.647. The zero-order valence-electron chi connectivity index (χ0n) is 15.1. The van der Waals surface area contributed by atoms with Crippen molar-refractivity contribution in [3.05, 3.63) is 36.0 Å². The summed E-state index contributed by atoms with van der Waals surface area (Å²) >= 11 is 0. The molecule has 2 N–H and O–H groups in total. The number of hydrogen-bond donors (Lipinski definition) is 2. The summed E-state index contributed by atoms with van der Waals surface area (Å²) in [6.07, 6.45) is 6.47. The first-order valence-electron chi connectivity index (χ1n) is 9.11. The number of rotatable bonds is 10. The molecule has 0 aliphatic rings. The maximum absolute atomic E-state index is 12.0. The number of para-hydroxylation sites is 1. The molecule has 136 valence electrons. The Balaban J connectivity index is 1.73. The fourth-order valence-electron chi connectivity index (χ4n) is 2.88. The SMILES string of the molecule is CCCC[C@H](CC)CNC(=O)COC(=O)Cc1c[nH]c2ccccc12. The van der Waals surface area contributed by atoms with Crippen molar-refractivity contribution < 1.29 is 14.3 Å². The molecule has 2 aromatic rings. The molecular weight excluding hydrogens is 316 g/mol. The minimum atomic E-state index is -0.391. The molecule has 1 aromatic carbocycles. The lowest BCUT2D eigenvalue weighted by Gasteiger charge is -2.15. The number of aromatic amines is 1. The number of ether oxygens (including phenoxy) is 1. The Labute approximate surface area is 149 Å². The van der Waals surface area contributed by atoms with E-state index >= 15 is 0 Å². The molecule has 0 unspecified atom stereocenters. The molecule has 0 saturated carbocycles. The number of aromatic nitrogens is 1. The summed E-state index contributed by atoms with van der Waals surface area (Å²) in [6, 6.07) is 7.79. The highest BCUT2D eigenvalue weighted by Gasteiger charge is 2.13. The first-order valence-corrected chi connectivity index (χ1v) is 9.11. The van der Waals surface area contributed by atoms with Crippen LogP contribution in [-0.4, -0.2) is 30.0 Å². The van der Waals surface area contributed by atoms with E-state index in [1.807, 2.05) is 30.5 Å².